The van der Waals surface area contributed by atoms with Crippen molar-refractivity contribution < 1.29 is 0 Å². The smallest absolute Gasteiger partial charge is 0.157 e. The third kappa shape index (κ3) is 2.24. The SMILES string of the molecule is CCC1Cc2c(nc3ccnn3c2N[C@H]2CC[C@H](N)C2)C12CCCC2. The van der Waals surface area contributed by atoms with Crippen LogP contribution in [-0.2, 0) is 11.8 Å². The van der Waals surface area contributed by atoms with Gasteiger partial charge in [-0.3, -0.25) is 0 Å². The van der Waals surface area contributed by atoms with Crippen LogP contribution in [0, 0.1) is 5.92 Å². The number of hydrogen-bond donors (Lipinski definition) is 2. The lowest BCUT2D eigenvalue weighted by atomic mass is 9.74. The molecule has 2 aromatic heterocycles. The van der Waals surface area contributed by atoms with Crippen molar-refractivity contribution >= 4 is 11.5 Å². The minimum Gasteiger partial charge on any atom is -0.367 e. The molecule has 0 amide bonds. The van der Waals surface area contributed by atoms with Gasteiger partial charge in [-0.1, -0.05) is 26.2 Å². The normalized spacial score (nSPS) is 30.4. The van der Waals surface area contributed by atoms with Gasteiger partial charge in [-0.15, -0.1) is 0 Å². The molecule has 0 saturated heterocycles. The van der Waals surface area contributed by atoms with Crippen LogP contribution in [0.15, 0.2) is 12.3 Å². The Kier molecular flexibility index (Phi) is 3.56. The van der Waals surface area contributed by atoms with E-state index < -0.39 is 0 Å². The van der Waals surface area contributed by atoms with E-state index in [0.717, 1.165) is 37.2 Å². The summed E-state index contributed by atoms with van der Waals surface area (Å²) in [5.41, 5.74) is 10.3. The molecule has 2 heterocycles. The van der Waals surface area contributed by atoms with Crippen molar-refractivity contribution in [3.63, 3.8) is 0 Å². The molecule has 134 valence electrons. The molecule has 25 heavy (non-hydrogen) atoms. The van der Waals surface area contributed by atoms with Gasteiger partial charge in [0.25, 0.3) is 0 Å². The average molecular weight is 339 g/mol. The van der Waals surface area contributed by atoms with Crippen LogP contribution >= 0.6 is 0 Å². The highest BCUT2D eigenvalue weighted by molar-refractivity contribution is 5.60. The van der Waals surface area contributed by atoms with Crippen LogP contribution in [-0.4, -0.2) is 26.7 Å². The van der Waals surface area contributed by atoms with Gasteiger partial charge in [-0.25, -0.2) is 4.98 Å². The van der Waals surface area contributed by atoms with Crippen molar-refractivity contribution in [2.24, 2.45) is 11.7 Å². The highest BCUT2D eigenvalue weighted by atomic mass is 15.3. The molecular weight excluding hydrogens is 310 g/mol. The molecule has 5 nitrogen and oxygen atoms in total. The van der Waals surface area contributed by atoms with E-state index in [0.29, 0.717) is 17.5 Å². The molecule has 3 N–H and O–H groups in total. The second kappa shape index (κ2) is 5.70. The monoisotopic (exact) mass is 339 g/mol. The van der Waals surface area contributed by atoms with Crippen molar-refractivity contribution in [2.45, 2.75) is 82.2 Å². The zero-order valence-corrected chi connectivity index (χ0v) is 15.2. The van der Waals surface area contributed by atoms with Gasteiger partial charge in [0.05, 0.1) is 11.9 Å². The molecule has 0 aliphatic heterocycles. The summed E-state index contributed by atoms with van der Waals surface area (Å²) in [6.07, 6.45) is 12.9. The third-order valence-corrected chi connectivity index (χ3v) is 7.14. The minimum atomic E-state index is 0.318. The van der Waals surface area contributed by atoms with E-state index in [1.807, 2.05) is 16.8 Å². The Hall–Kier alpha value is -1.62. The maximum atomic E-state index is 6.15. The second-order valence-electron chi connectivity index (χ2n) is 8.48. The van der Waals surface area contributed by atoms with Crippen LogP contribution in [0.3, 0.4) is 0 Å². The Morgan fingerprint density at radius 3 is 2.88 bits per heavy atom. The van der Waals surface area contributed by atoms with Crippen LogP contribution in [0.4, 0.5) is 5.82 Å². The zero-order chi connectivity index (χ0) is 17.0. The maximum Gasteiger partial charge on any atom is 0.157 e. The summed E-state index contributed by atoms with van der Waals surface area (Å²) < 4.78 is 2.03. The van der Waals surface area contributed by atoms with Gasteiger partial charge in [0.2, 0.25) is 0 Å². The van der Waals surface area contributed by atoms with Crippen molar-refractivity contribution in [2.75, 3.05) is 5.32 Å². The van der Waals surface area contributed by atoms with Crippen LogP contribution in [0.5, 0.6) is 0 Å². The van der Waals surface area contributed by atoms with E-state index in [4.69, 9.17) is 10.7 Å². The number of fused-ring (bicyclic) bond motifs is 3. The Bertz CT molecular complexity index is 789. The lowest BCUT2D eigenvalue weighted by molar-refractivity contribution is 0.286. The summed E-state index contributed by atoms with van der Waals surface area (Å²) in [7, 11) is 0. The van der Waals surface area contributed by atoms with Crippen molar-refractivity contribution in [1.82, 2.24) is 14.6 Å². The van der Waals surface area contributed by atoms with Crippen LogP contribution in [0.1, 0.15) is 69.5 Å². The summed E-state index contributed by atoms with van der Waals surface area (Å²) in [4.78, 5) is 5.14. The maximum absolute atomic E-state index is 6.15. The fourth-order valence-corrected chi connectivity index (χ4v) is 5.89. The van der Waals surface area contributed by atoms with E-state index in [-0.39, 0.29) is 0 Å². The van der Waals surface area contributed by atoms with Crippen molar-refractivity contribution in [1.29, 1.82) is 0 Å². The van der Waals surface area contributed by atoms with Crippen LogP contribution in [0.2, 0.25) is 0 Å². The quantitative estimate of drug-likeness (QED) is 0.899. The first-order valence-corrected chi connectivity index (χ1v) is 10.1. The molecule has 1 spiro atoms. The molecule has 0 aromatic carbocycles. The number of rotatable bonds is 3. The molecule has 1 unspecified atom stereocenters. The van der Waals surface area contributed by atoms with Gasteiger partial charge in [0, 0.05) is 29.1 Å². The molecule has 2 fully saturated rings. The number of anilines is 1. The van der Waals surface area contributed by atoms with E-state index >= 15 is 0 Å². The zero-order valence-electron chi connectivity index (χ0n) is 15.2. The summed E-state index contributed by atoms with van der Waals surface area (Å²) in [5.74, 6) is 1.93. The number of nitrogens with one attached hydrogen (secondary N) is 1. The Labute approximate surface area is 149 Å². The fourth-order valence-electron chi connectivity index (χ4n) is 5.89. The number of hydrogen-bond acceptors (Lipinski definition) is 4. The van der Waals surface area contributed by atoms with Crippen molar-refractivity contribution in [3.05, 3.63) is 23.5 Å². The van der Waals surface area contributed by atoms with Gasteiger partial charge < -0.3 is 11.1 Å². The molecule has 2 aromatic rings. The van der Waals surface area contributed by atoms with Crippen LogP contribution < -0.4 is 11.1 Å². The van der Waals surface area contributed by atoms with E-state index in [9.17, 15) is 0 Å². The summed E-state index contributed by atoms with van der Waals surface area (Å²) in [6, 6.07) is 2.85. The highest BCUT2D eigenvalue weighted by Gasteiger charge is 2.50. The van der Waals surface area contributed by atoms with Gasteiger partial charge in [0.1, 0.15) is 5.82 Å². The number of aromatic nitrogens is 3. The van der Waals surface area contributed by atoms with E-state index in [2.05, 4.69) is 17.3 Å². The summed E-state index contributed by atoms with van der Waals surface area (Å²) >= 11 is 0. The average Bonchev–Trinajstić information content (AvgIpc) is 3.37. The lowest BCUT2D eigenvalue weighted by Crippen LogP contribution is -2.29. The fraction of sp³-hybridized carbons (Fsp3) is 0.700. The molecular formula is C20H29N5. The van der Waals surface area contributed by atoms with Gasteiger partial charge >= 0.3 is 0 Å². The third-order valence-electron chi connectivity index (χ3n) is 7.14. The molecule has 2 saturated carbocycles. The number of nitrogens with zero attached hydrogens (tertiary/aromatic N) is 3. The molecule has 3 atom stereocenters. The predicted octanol–water partition coefficient (Wildman–Crippen LogP) is 3.42. The molecule has 3 aliphatic carbocycles. The molecule has 3 aliphatic rings. The van der Waals surface area contributed by atoms with Crippen molar-refractivity contribution in [3.8, 4) is 0 Å². The highest BCUT2D eigenvalue weighted by Crippen LogP contribution is 2.55. The van der Waals surface area contributed by atoms with Crippen LogP contribution in [0.25, 0.3) is 5.65 Å². The first-order chi connectivity index (χ1) is 12.2. The van der Waals surface area contributed by atoms with Gasteiger partial charge in [-0.05, 0) is 44.4 Å². The molecule has 0 bridgehead atoms. The number of nitrogens with two attached hydrogens (primary N) is 1. The largest absolute Gasteiger partial charge is 0.367 e. The Morgan fingerprint density at radius 1 is 1.32 bits per heavy atom. The Morgan fingerprint density at radius 2 is 2.16 bits per heavy atom. The second-order valence-corrected chi connectivity index (χ2v) is 8.48. The lowest BCUT2D eigenvalue weighted by Gasteiger charge is -2.30. The molecule has 5 heteroatoms. The molecule has 5 rings (SSSR count). The van der Waals surface area contributed by atoms with E-state index in [1.54, 1.807) is 0 Å². The molecule has 0 radical (unpaired) electrons. The predicted molar refractivity (Wildman–Crippen MR) is 99.9 cm³/mol. The minimum absolute atomic E-state index is 0.318. The van der Waals surface area contributed by atoms with E-state index in [1.165, 1.54) is 49.2 Å². The summed E-state index contributed by atoms with van der Waals surface area (Å²) in [5, 5.41) is 8.42. The first kappa shape index (κ1) is 15.6. The standard InChI is InChI=1S/C20H29N5/c1-2-13-11-16-18(20(13)8-3-4-9-20)24-17-7-10-22-25(17)19(16)23-15-6-5-14(21)12-15/h7,10,13-15,23H,2-6,8-9,11-12,21H2,1H3/t13?,14-,15-/m0/s1. The first-order valence-electron chi connectivity index (χ1n) is 10.1. The topological polar surface area (TPSA) is 68.2 Å². The Balaban J connectivity index is 1.64. The van der Waals surface area contributed by atoms with Gasteiger partial charge in [-0.2, -0.15) is 9.61 Å². The van der Waals surface area contributed by atoms with Gasteiger partial charge in [0.15, 0.2) is 5.65 Å². The summed E-state index contributed by atoms with van der Waals surface area (Å²) in [6.45, 7) is 2.35.